The Kier molecular flexibility index (Phi) is 5.32. The molecule has 1 unspecified atom stereocenters. The van der Waals surface area contributed by atoms with Crippen LogP contribution in [-0.2, 0) is 23.8 Å². The van der Waals surface area contributed by atoms with Gasteiger partial charge in [0.2, 0.25) is 0 Å². The molecule has 0 bridgehead atoms. The number of anilines is 1. The number of imide groups is 1. The molecule has 9 heteroatoms. The largest absolute Gasteiger partial charge is 0.469 e. The summed E-state index contributed by atoms with van der Waals surface area (Å²) < 4.78 is 14.7. The molecule has 1 aromatic rings. The second-order valence-electron chi connectivity index (χ2n) is 7.20. The number of fused-ring (bicyclic) bond motifs is 1. The predicted octanol–water partition coefficient (Wildman–Crippen LogP) is 2.42. The minimum absolute atomic E-state index is 0.0835. The summed E-state index contributed by atoms with van der Waals surface area (Å²) in [6, 6.07) is 6.89. The Morgan fingerprint density at radius 2 is 1.83 bits per heavy atom. The molecule has 1 saturated heterocycles. The monoisotopic (exact) mass is 402 g/mol. The third-order valence-corrected chi connectivity index (χ3v) is 5.14. The predicted molar refractivity (Wildman–Crippen MR) is 101 cm³/mol. The molecule has 1 fully saturated rings. The maximum atomic E-state index is 13.3. The van der Waals surface area contributed by atoms with E-state index in [4.69, 9.17) is 14.2 Å². The number of hydrogen-bond acceptors (Lipinski definition) is 7. The smallest absolute Gasteiger partial charge is 0.418 e. The maximum absolute atomic E-state index is 13.3. The van der Waals surface area contributed by atoms with Crippen molar-refractivity contribution in [3.8, 4) is 0 Å². The van der Waals surface area contributed by atoms with Crippen LogP contribution in [0.25, 0.3) is 0 Å². The topological polar surface area (TPSA) is 102 Å². The molecule has 0 radical (unpaired) electrons. The van der Waals surface area contributed by atoms with Crippen LogP contribution < -0.4 is 4.90 Å². The molecule has 0 saturated carbocycles. The molecule has 9 nitrogen and oxygen atoms in total. The highest BCUT2D eigenvalue weighted by atomic mass is 16.6. The molecule has 1 aromatic carbocycles. The summed E-state index contributed by atoms with van der Waals surface area (Å²) in [5.41, 5.74) is -0.0463. The molecule has 154 valence electrons. The lowest BCUT2D eigenvalue weighted by Gasteiger charge is -2.39. The van der Waals surface area contributed by atoms with Crippen molar-refractivity contribution in [1.29, 1.82) is 0 Å². The van der Waals surface area contributed by atoms with Gasteiger partial charge in [-0.3, -0.25) is 14.5 Å². The van der Waals surface area contributed by atoms with E-state index in [1.54, 1.807) is 38.1 Å². The lowest BCUT2D eigenvalue weighted by Crippen LogP contribution is -2.44. The molecule has 0 aliphatic carbocycles. The number of rotatable bonds is 3. The van der Waals surface area contributed by atoms with Crippen LogP contribution in [0.1, 0.15) is 25.3 Å². The van der Waals surface area contributed by atoms with Gasteiger partial charge in [0.15, 0.2) is 0 Å². The number of hydrogen-bond donors (Lipinski definition) is 0. The van der Waals surface area contributed by atoms with Crippen LogP contribution >= 0.6 is 0 Å². The highest BCUT2D eigenvalue weighted by molar-refractivity contribution is 6.07. The van der Waals surface area contributed by atoms with E-state index in [1.165, 1.54) is 25.3 Å². The van der Waals surface area contributed by atoms with Gasteiger partial charge in [-0.05, 0) is 25.5 Å². The second-order valence-corrected chi connectivity index (χ2v) is 7.20. The molecule has 0 N–H and O–H groups in total. The summed E-state index contributed by atoms with van der Waals surface area (Å²) in [6.07, 6.45) is -0.160. The summed E-state index contributed by atoms with van der Waals surface area (Å²) in [6.45, 7) is 3.47. The van der Waals surface area contributed by atoms with E-state index in [1.807, 2.05) is 0 Å². The van der Waals surface area contributed by atoms with E-state index in [0.29, 0.717) is 11.3 Å². The molecule has 2 aliphatic heterocycles. The van der Waals surface area contributed by atoms with Crippen LogP contribution in [-0.4, -0.2) is 56.3 Å². The molecule has 2 heterocycles. The highest BCUT2D eigenvalue weighted by Gasteiger charge is 2.48. The Balaban J connectivity index is 2.21. The number of methoxy groups -OCH3 is 2. The van der Waals surface area contributed by atoms with Gasteiger partial charge >= 0.3 is 18.2 Å². The average molecular weight is 402 g/mol. The number of ether oxygens (including phenoxy) is 3. The van der Waals surface area contributed by atoms with Crippen LogP contribution in [0, 0.1) is 5.41 Å². The van der Waals surface area contributed by atoms with Crippen molar-refractivity contribution < 1.29 is 33.4 Å². The molecule has 0 spiro atoms. The Morgan fingerprint density at radius 3 is 2.41 bits per heavy atom. The number of amides is 3. The van der Waals surface area contributed by atoms with E-state index < -0.39 is 35.4 Å². The Morgan fingerprint density at radius 1 is 1.14 bits per heavy atom. The molecule has 29 heavy (non-hydrogen) atoms. The van der Waals surface area contributed by atoms with E-state index >= 15 is 0 Å². The van der Waals surface area contributed by atoms with Gasteiger partial charge < -0.3 is 14.2 Å². The standard InChI is InChI=1S/C20H22N2O7/c1-20(2,17(24)27-3)15-12-7-5-6-8-14(12)22(18(25)28-4)11-13(15)16(23)21-9-10-29-19(21)26/h5-8,11,15H,9-10H2,1-4H3. The number of esters is 1. The minimum atomic E-state index is -1.17. The second kappa shape index (κ2) is 7.57. The number of cyclic esters (lactones) is 1. The molecule has 3 rings (SSSR count). The zero-order valence-corrected chi connectivity index (χ0v) is 16.6. The maximum Gasteiger partial charge on any atom is 0.418 e. The number of benzene rings is 1. The number of para-hydroxylation sites is 1. The quantitative estimate of drug-likeness (QED) is 0.565. The van der Waals surface area contributed by atoms with Crippen LogP contribution in [0.4, 0.5) is 15.3 Å². The first-order valence-corrected chi connectivity index (χ1v) is 8.98. The lowest BCUT2D eigenvalue weighted by atomic mass is 9.69. The van der Waals surface area contributed by atoms with Crippen LogP contribution in [0.15, 0.2) is 36.0 Å². The highest BCUT2D eigenvalue weighted by Crippen LogP contribution is 2.49. The van der Waals surface area contributed by atoms with Crippen LogP contribution in [0.3, 0.4) is 0 Å². The van der Waals surface area contributed by atoms with Gasteiger partial charge in [0.1, 0.15) is 6.61 Å². The lowest BCUT2D eigenvalue weighted by molar-refractivity contribution is -0.151. The van der Waals surface area contributed by atoms with Gasteiger partial charge in [-0.1, -0.05) is 18.2 Å². The third-order valence-electron chi connectivity index (χ3n) is 5.14. The van der Waals surface area contributed by atoms with Gasteiger partial charge in [0, 0.05) is 17.7 Å². The number of carbonyl (C=O) groups excluding carboxylic acids is 4. The van der Waals surface area contributed by atoms with Gasteiger partial charge in [0.05, 0.1) is 31.9 Å². The van der Waals surface area contributed by atoms with E-state index in [0.717, 1.165) is 4.90 Å². The zero-order valence-electron chi connectivity index (χ0n) is 16.6. The zero-order chi connectivity index (χ0) is 21.3. The minimum Gasteiger partial charge on any atom is -0.469 e. The Bertz CT molecular complexity index is 906. The van der Waals surface area contributed by atoms with E-state index in [-0.39, 0.29) is 18.7 Å². The molecular weight excluding hydrogens is 380 g/mol. The van der Waals surface area contributed by atoms with Crippen LogP contribution in [0.5, 0.6) is 0 Å². The first kappa shape index (κ1) is 20.4. The van der Waals surface area contributed by atoms with Crippen molar-refractivity contribution in [1.82, 2.24) is 4.90 Å². The Labute approximate surface area is 167 Å². The van der Waals surface area contributed by atoms with Crippen molar-refractivity contribution in [2.75, 3.05) is 32.3 Å². The normalized spacial score (nSPS) is 18.6. The Hall–Kier alpha value is -3.36. The van der Waals surface area contributed by atoms with Crippen molar-refractivity contribution in [3.05, 3.63) is 41.6 Å². The summed E-state index contributed by atoms with van der Waals surface area (Å²) in [5, 5.41) is 0. The molecular formula is C20H22N2O7. The van der Waals surface area contributed by atoms with Crippen LogP contribution in [0.2, 0.25) is 0 Å². The number of carbonyl (C=O) groups is 4. The van der Waals surface area contributed by atoms with Gasteiger partial charge in [-0.2, -0.15) is 0 Å². The van der Waals surface area contributed by atoms with Crippen molar-refractivity contribution >= 4 is 29.8 Å². The summed E-state index contributed by atoms with van der Waals surface area (Å²) in [7, 11) is 2.49. The fourth-order valence-corrected chi connectivity index (χ4v) is 3.72. The van der Waals surface area contributed by atoms with E-state index in [9.17, 15) is 19.2 Å². The molecule has 1 atom stereocenters. The first-order chi connectivity index (χ1) is 13.7. The van der Waals surface area contributed by atoms with Crippen molar-refractivity contribution in [3.63, 3.8) is 0 Å². The first-order valence-electron chi connectivity index (χ1n) is 8.98. The third kappa shape index (κ3) is 3.32. The van der Waals surface area contributed by atoms with Gasteiger partial charge in [-0.25, -0.2) is 14.5 Å². The molecule has 3 amide bonds. The van der Waals surface area contributed by atoms with Crippen molar-refractivity contribution in [2.45, 2.75) is 19.8 Å². The van der Waals surface area contributed by atoms with Gasteiger partial charge in [-0.15, -0.1) is 0 Å². The fourth-order valence-electron chi connectivity index (χ4n) is 3.72. The van der Waals surface area contributed by atoms with Gasteiger partial charge in [0.25, 0.3) is 5.91 Å². The molecule has 2 aliphatic rings. The fraction of sp³-hybridized carbons (Fsp3) is 0.400. The summed E-state index contributed by atoms with van der Waals surface area (Å²) in [4.78, 5) is 52.4. The SMILES string of the molecule is COC(=O)N1C=C(C(=O)N2CCOC2=O)C(C(C)(C)C(=O)OC)c2ccccc21. The van der Waals surface area contributed by atoms with E-state index in [2.05, 4.69) is 0 Å². The molecule has 0 aromatic heterocycles. The number of nitrogens with zero attached hydrogens (tertiary/aromatic N) is 2. The average Bonchev–Trinajstić information content (AvgIpc) is 3.16. The summed E-state index contributed by atoms with van der Waals surface area (Å²) >= 11 is 0. The van der Waals surface area contributed by atoms with Crippen molar-refractivity contribution in [2.24, 2.45) is 5.41 Å². The summed E-state index contributed by atoms with van der Waals surface area (Å²) in [5.74, 6) is -1.95.